The van der Waals surface area contributed by atoms with Crippen LogP contribution in [0.5, 0.6) is 5.75 Å². The van der Waals surface area contributed by atoms with Crippen molar-refractivity contribution in [3.05, 3.63) is 89.4 Å². The molecule has 0 saturated heterocycles. The predicted octanol–water partition coefficient (Wildman–Crippen LogP) is 5.27. The minimum atomic E-state index is -4.18. The first kappa shape index (κ1) is 31.0. The first-order valence-corrected chi connectivity index (χ1v) is 15.2. The van der Waals surface area contributed by atoms with Crippen LogP contribution in [0.1, 0.15) is 39.2 Å². The topological polar surface area (TPSA) is 96.0 Å². The van der Waals surface area contributed by atoms with Crippen LogP contribution in [0.3, 0.4) is 0 Å². The summed E-state index contributed by atoms with van der Waals surface area (Å²) in [6, 6.07) is 20.8. The molecule has 0 spiro atoms. The molecule has 0 aromatic heterocycles. The van der Waals surface area contributed by atoms with Gasteiger partial charge in [0.05, 0.1) is 17.2 Å². The van der Waals surface area contributed by atoms with Gasteiger partial charge in [0.15, 0.2) is 0 Å². The van der Waals surface area contributed by atoms with Crippen LogP contribution in [0.15, 0.2) is 83.8 Å². The minimum Gasteiger partial charge on any atom is -0.492 e. The van der Waals surface area contributed by atoms with Gasteiger partial charge >= 0.3 is 0 Å². The van der Waals surface area contributed by atoms with Crippen LogP contribution in [-0.2, 0) is 26.2 Å². The van der Waals surface area contributed by atoms with Gasteiger partial charge in [-0.15, -0.1) is 0 Å². The lowest BCUT2D eigenvalue weighted by molar-refractivity contribution is -0.140. The number of carbonyl (C=O) groups is 2. The van der Waals surface area contributed by atoms with Crippen molar-refractivity contribution in [2.45, 2.75) is 51.1 Å². The molecule has 2 amide bonds. The van der Waals surface area contributed by atoms with Crippen molar-refractivity contribution >= 4 is 39.1 Å². The number of nitrogens with one attached hydrogen (secondary N) is 1. The van der Waals surface area contributed by atoms with E-state index < -0.39 is 28.5 Å². The SMILES string of the molecule is CCCNC(=O)[C@@H](CC)N(Cc1ccc(Cl)cc1)C(=O)CN(c1ccccc1OCC)S(=O)(=O)c1ccccc1. The molecule has 3 rings (SSSR count). The summed E-state index contributed by atoms with van der Waals surface area (Å²) in [5, 5.41) is 3.42. The molecule has 3 aromatic carbocycles. The fourth-order valence-electron chi connectivity index (χ4n) is 4.25. The van der Waals surface area contributed by atoms with E-state index in [1.807, 2.05) is 13.8 Å². The molecule has 0 radical (unpaired) electrons. The Hall–Kier alpha value is -3.56. The molecule has 0 saturated carbocycles. The van der Waals surface area contributed by atoms with Crippen molar-refractivity contribution < 1.29 is 22.7 Å². The van der Waals surface area contributed by atoms with Gasteiger partial charge in [0.2, 0.25) is 11.8 Å². The number of anilines is 1. The lowest BCUT2D eigenvalue weighted by atomic mass is 10.1. The molecule has 214 valence electrons. The number of para-hydroxylation sites is 2. The summed E-state index contributed by atoms with van der Waals surface area (Å²) in [4.78, 5) is 28.7. The first-order valence-electron chi connectivity index (χ1n) is 13.3. The highest BCUT2D eigenvalue weighted by molar-refractivity contribution is 7.92. The summed E-state index contributed by atoms with van der Waals surface area (Å²) in [5.74, 6) is -0.493. The van der Waals surface area contributed by atoms with E-state index in [4.69, 9.17) is 16.3 Å². The number of hydrogen-bond acceptors (Lipinski definition) is 5. The third kappa shape index (κ3) is 7.76. The fraction of sp³-hybridized carbons (Fsp3) is 0.333. The highest BCUT2D eigenvalue weighted by atomic mass is 35.5. The van der Waals surface area contributed by atoms with Gasteiger partial charge in [0.25, 0.3) is 10.0 Å². The summed E-state index contributed by atoms with van der Waals surface area (Å²) < 4.78 is 34.7. The van der Waals surface area contributed by atoms with Gasteiger partial charge in [-0.25, -0.2) is 8.42 Å². The predicted molar refractivity (Wildman–Crippen MR) is 158 cm³/mol. The average Bonchev–Trinajstić information content (AvgIpc) is 2.96. The summed E-state index contributed by atoms with van der Waals surface area (Å²) >= 11 is 6.06. The van der Waals surface area contributed by atoms with Crippen molar-refractivity contribution in [3.63, 3.8) is 0 Å². The third-order valence-corrected chi connectivity index (χ3v) is 8.27. The molecule has 0 heterocycles. The second kappa shape index (κ2) is 14.7. The Morgan fingerprint density at radius 1 is 0.925 bits per heavy atom. The molecular weight excluding hydrogens is 550 g/mol. The normalized spacial score (nSPS) is 11.9. The van der Waals surface area contributed by atoms with E-state index in [0.717, 1.165) is 16.3 Å². The van der Waals surface area contributed by atoms with Crippen molar-refractivity contribution in [2.24, 2.45) is 0 Å². The van der Waals surface area contributed by atoms with E-state index >= 15 is 0 Å². The van der Waals surface area contributed by atoms with Crippen molar-refractivity contribution in [1.29, 1.82) is 0 Å². The van der Waals surface area contributed by atoms with Gasteiger partial charge in [-0.1, -0.05) is 67.9 Å². The highest BCUT2D eigenvalue weighted by Gasteiger charge is 2.34. The molecule has 10 heteroatoms. The van der Waals surface area contributed by atoms with Gasteiger partial charge in [-0.05, 0) is 61.7 Å². The van der Waals surface area contributed by atoms with E-state index in [-0.39, 0.29) is 23.0 Å². The first-order chi connectivity index (χ1) is 19.2. The maximum atomic E-state index is 14.1. The monoisotopic (exact) mass is 585 g/mol. The molecule has 0 bridgehead atoms. The largest absolute Gasteiger partial charge is 0.492 e. The highest BCUT2D eigenvalue weighted by Crippen LogP contribution is 2.33. The number of nitrogens with zero attached hydrogens (tertiary/aromatic N) is 2. The zero-order valence-corrected chi connectivity index (χ0v) is 24.6. The summed E-state index contributed by atoms with van der Waals surface area (Å²) in [6.07, 6.45) is 1.08. The smallest absolute Gasteiger partial charge is 0.264 e. The number of carbonyl (C=O) groups excluding carboxylic acids is 2. The molecule has 0 aliphatic heterocycles. The maximum Gasteiger partial charge on any atom is 0.264 e. The minimum absolute atomic E-state index is 0.0334. The number of halogens is 1. The van der Waals surface area contributed by atoms with E-state index in [2.05, 4.69) is 5.32 Å². The number of hydrogen-bond donors (Lipinski definition) is 1. The molecule has 0 unspecified atom stereocenters. The molecule has 0 aliphatic carbocycles. The lowest BCUT2D eigenvalue weighted by Gasteiger charge is -2.33. The molecule has 1 N–H and O–H groups in total. The quantitative estimate of drug-likeness (QED) is 0.278. The van der Waals surface area contributed by atoms with E-state index in [9.17, 15) is 18.0 Å². The van der Waals surface area contributed by atoms with E-state index in [1.165, 1.54) is 17.0 Å². The van der Waals surface area contributed by atoms with Crippen LogP contribution in [0.25, 0.3) is 0 Å². The second-order valence-corrected chi connectivity index (χ2v) is 11.4. The molecule has 3 aromatic rings. The Bertz CT molecular complexity index is 1370. The van der Waals surface area contributed by atoms with Crippen LogP contribution in [-0.4, -0.2) is 50.9 Å². The van der Waals surface area contributed by atoms with Crippen LogP contribution >= 0.6 is 11.6 Å². The molecule has 8 nitrogen and oxygen atoms in total. The van der Waals surface area contributed by atoms with E-state index in [1.54, 1.807) is 73.7 Å². The van der Waals surface area contributed by atoms with Crippen molar-refractivity contribution in [1.82, 2.24) is 10.2 Å². The zero-order valence-electron chi connectivity index (χ0n) is 23.0. The summed E-state index contributed by atoms with van der Waals surface area (Å²) in [6.45, 7) is 5.90. The molecule has 0 aliphatic rings. The Kier molecular flexibility index (Phi) is 11.4. The van der Waals surface area contributed by atoms with Gasteiger partial charge in [-0.2, -0.15) is 0 Å². The molecular formula is C30H36ClN3O5S. The number of sulfonamides is 1. The van der Waals surface area contributed by atoms with Crippen molar-refractivity contribution in [3.8, 4) is 5.75 Å². The second-order valence-electron chi connectivity index (χ2n) is 9.09. The van der Waals surface area contributed by atoms with Crippen LogP contribution in [0.2, 0.25) is 5.02 Å². The average molecular weight is 586 g/mol. The molecule has 1 atom stereocenters. The fourth-order valence-corrected chi connectivity index (χ4v) is 5.82. The Morgan fingerprint density at radius 2 is 1.57 bits per heavy atom. The standard InChI is InChI=1S/C30H36ClN3O5S/c1-4-20-32-30(36)26(5-2)33(21-23-16-18-24(31)19-17-23)29(35)22-34(27-14-10-11-15-28(27)39-6-3)40(37,38)25-12-8-7-9-13-25/h7-19,26H,4-6,20-22H2,1-3H3,(H,32,36)/t26-/m1/s1. The summed E-state index contributed by atoms with van der Waals surface area (Å²) in [5.41, 5.74) is 0.989. The Labute approximate surface area is 241 Å². The molecule has 40 heavy (non-hydrogen) atoms. The Balaban J connectivity index is 2.08. The van der Waals surface area contributed by atoms with Gasteiger partial charge in [0, 0.05) is 18.1 Å². The van der Waals surface area contributed by atoms with Crippen LogP contribution in [0.4, 0.5) is 5.69 Å². The lowest BCUT2D eigenvalue weighted by Crippen LogP contribution is -2.52. The number of benzene rings is 3. The Morgan fingerprint density at radius 3 is 2.20 bits per heavy atom. The third-order valence-electron chi connectivity index (χ3n) is 6.25. The van der Waals surface area contributed by atoms with Gasteiger partial charge < -0.3 is 15.0 Å². The maximum absolute atomic E-state index is 14.1. The van der Waals surface area contributed by atoms with Gasteiger partial charge in [-0.3, -0.25) is 13.9 Å². The number of rotatable bonds is 14. The van der Waals surface area contributed by atoms with Crippen LogP contribution in [0, 0.1) is 0 Å². The summed E-state index contributed by atoms with van der Waals surface area (Å²) in [7, 11) is -4.18. The number of amides is 2. The number of ether oxygens (including phenoxy) is 1. The molecule has 0 fully saturated rings. The van der Waals surface area contributed by atoms with Crippen molar-refractivity contribution in [2.75, 3.05) is 24.0 Å². The zero-order chi connectivity index (χ0) is 29.1. The van der Waals surface area contributed by atoms with Gasteiger partial charge in [0.1, 0.15) is 18.3 Å². The van der Waals surface area contributed by atoms with Crippen LogP contribution < -0.4 is 14.4 Å². The van der Waals surface area contributed by atoms with E-state index in [0.29, 0.717) is 30.3 Å².